The van der Waals surface area contributed by atoms with Gasteiger partial charge in [0, 0.05) is 23.7 Å². The molecule has 0 aliphatic heterocycles. The van der Waals surface area contributed by atoms with Crippen LogP contribution in [0.25, 0.3) is 0 Å². The average Bonchev–Trinajstić information content (AvgIpc) is 3.01. The molecule has 0 aliphatic carbocycles. The van der Waals surface area contributed by atoms with Crippen LogP contribution in [-0.4, -0.2) is 39.8 Å². The van der Waals surface area contributed by atoms with Crippen molar-refractivity contribution < 1.29 is 26.0 Å². The van der Waals surface area contributed by atoms with Gasteiger partial charge in [-0.3, -0.25) is 4.79 Å². The third kappa shape index (κ3) is 8.12. The second kappa shape index (κ2) is 13.6. The fraction of sp³-hybridized carbons (Fsp3) is 0.133. The number of carbonyl (C=O) groups excluding carboxylic acids is 1. The van der Waals surface area contributed by atoms with Crippen LogP contribution in [0.4, 0.5) is 4.39 Å². The Morgan fingerprint density at radius 3 is 1.79 bits per heavy atom. The molecule has 13 heteroatoms. The van der Waals surface area contributed by atoms with Gasteiger partial charge in [-0.05, 0) is 91.3 Å². The normalized spacial score (nSPS) is 12.3. The minimum atomic E-state index is -3.96. The summed E-state index contributed by atoms with van der Waals surface area (Å²) in [5.41, 5.74) is 5.06. The quantitative estimate of drug-likeness (QED) is 0.177. The van der Waals surface area contributed by atoms with Crippen LogP contribution >= 0.6 is 11.6 Å². The van der Waals surface area contributed by atoms with Crippen LogP contribution in [0.5, 0.6) is 0 Å². The molecule has 0 atom stereocenters. The van der Waals surface area contributed by atoms with Crippen molar-refractivity contribution in [2.24, 2.45) is 5.10 Å². The number of amides is 1. The Hall–Kier alpha value is -3.94. The summed E-state index contributed by atoms with van der Waals surface area (Å²) in [6.07, 6.45) is 0. The molecule has 4 rings (SSSR count). The van der Waals surface area contributed by atoms with Gasteiger partial charge in [0.25, 0.3) is 5.91 Å². The van der Waals surface area contributed by atoms with Gasteiger partial charge in [0.2, 0.25) is 20.0 Å². The minimum absolute atomic E-state index is 0.0106. The van der Waals surface area contributed by atoms with E-state index in [1.54, 1.807) is 43.3 Å². The second-order valence-electron chi connectivity index (χ2n) is 9.42. The summed E-state index contributed by atoms with van der Waals surface area (Å²) in [5.74, 6) is -0.917. The van der Waals surface area contributed by atoms with E-state index in [1.165, 1.54) is 72.0 Å². The molecule has 4 aromatic carbocycles. The molecule has 0 aliphatic rings. The molecule has 43 heavy (non-hydrogen) atoms. The maximum absolute atomic E-state index is 13.5. The van der Waals surface area contributed by atoms with E-state index in [4.69, 9.17) is 11.6 Å². The number of rotatable bonds is 11. The highest BCUT2D eigenvalue weighted by Crippen LogP contribution is 2.23. The smallest absolute Gasteiger partial charge is 0.267 e. The number of hydrogen-bond acceptors (Lipinski definition) is 6. The van der Waals surface area contributed by atoms with Crippen LogP contribution in [0.2, 0.25) is 5.02 Å². The van der Waals surface area contributed by atoms with Crippen LogP contribution in [0.1, 0.15) is 34.0 Å². The lowest BCUT2D eigenvalue weighted by molar-refractivity contribution is 0.0954. The lowest BCUT2D eigenvalue weighted by Crippen LogP contribution is -2.30. The van der Waals surface area contributed by atoms with Crippen molar-refractivity contribution in [1.29, 1.82) is 0 Å². The standard InChI is InChI=1S/C30H28ClFN4O5S2/c1-21(24-9-15-28(16-10-24)42(38,39)33-2)34-35-30(37)25-7-3-22(4-8-25)19-36(20-23-5-13-27(32)14-6-23)43(40,41)29-17-11-26(31)12-18-29/h3-18,33H,19-20H2,1-2H3,(H,35,37)/b34-21+. The van der Waals surface area contributed by atoms with Gasteiger partial charge in [0.1, 0.15) is 5.82 Å². The highest BCUT2D eigenvalue weighted by atomic mass is 35.5. The number of hydrogen-bond donors (Lipinski definition) is 2. The monoisotopic (exact) mass is 642 g/mol. The second-order valence-corrected chi connectivity index (χ2v) is 13.7. The molecule has 2 N–H and O–H groups in total. The van der Waals surface area contributed by atoms with Gasteiger partial charge < -0.3 is 0 Å². The van der Waals surface area contributed by atoms with E-state index in [0.29, 0.717) is 33.0 Å². The lowest BCUT2D eigenvalue weighted by Gasteiger charge is -2.23. The maximum atomic E-state index is 13.5. The van der Waals surface area contributed by atoms with E-state index >= 15 is 0 Å². The predicted octanol–water partition coefficient (Wildman–Crippen LogP) is 4.93. The van der Waals surface area contributed by atoms with Gasteiger partial charge >= 0.3 is 0 Å². The first-order valence-electron chi connectivity index (χ1n) is 12.9. The Morgan fingerprint density at radius 2 is 1.26 bits per heavy atom. The van der Waals surface area contributed by atoms with Crippen LogP contribution < -0.4 is 10.1 Å². The zero-order chi connectivity index (χ0) is 31.2. The molecule has 0 fully saturated rings. The van der Waals surface area contributed by atoms with Gasteiger partial charge in [-0.1, -0.05) is 48.0 Å². The van der Waals surface area contributed by atoms with Gasteiger partial charge in [-0.25, -0.2) is 31.4 Å². The number of nitrogens with one attached hydrogen (secondary N) is 2. The molecule has 0 aromatic heterocycles. The van der Waals surface area contributed by atoms with Crippen LogP contribution in [-0.2, 0) is 33.1 Å². The van der Waals surface area contributed by atoms with E-state index < -0.39 is 31.8 Å². The SMILES string of the molecule is CNS(=O)(=O)c1ccc(/C(C)=N/NC(=O)c2ccc(CN(Cc3ccc(F)cc3)S(=O)(=O)c3ccc(Cl)cc3)cc2)cc1. The highest BCUT2D eigenvalue weighted by Gasteiger charge is 2.25. The Bertz CT molecular complexity index is 1830. The molecule has 0 heterocycles. The topological polar surface area (TPSA) is 125 Å². The van der Waals surface area contributed by atoms with Crippen molar-refractivity contribution in [3.8, 4) is 0 Å². The van der Waals surface area contributed by atoms with Gasteiger partial charge in [-0.15, -0.1) is 0 Å². The van der Waals surface area contributed by atoms with Crippen molar-refractivity contribution in [1.82, 2.24) is 14.5 Å². The summed E-state index contributed by atoms with van der Waals surface area (Å²) in [5, 5.41) is 4.51. The maximum Gasteiger partial charge on any atom is 0.271 e. The molecule has 9 nitrogen and oxygen atoms in total. The van der Waals surface area contributed by atoms with E-state index in [-0.39, 0.29) is 22.9 Å². The fourth-order valence-electron chi connectivity index (χ4n) is 4.00. The van der Waals surface area contributed by atoms with E-state index in [2.05, 4.69) is 15.2 Å². The molecule has 1 amide bonds. The molecule has 0 saturated carbocycles. The Balaban J connectivity index is 1.49. The number of sulfonamides is 2. The zero-order valence-electron chi connectivity index (χ0n) is 23.2. The van der Waals surface area contributed by atoms with Crippen LogP contribution in [0, 0.1) is 5.82 Å². The molecule has 4 aromatic rings. The summed E-state index contributed by atoms with van der Waals surface area (Å²) in [6, 6.07) is 23.8. The third-order valence-electron chi connectivity index (χ3n) is 6.47. The van der Waals surface area contributed by atoms with Crippen molar-refractivity contribution in [3.05, 3.63) is 130 Å². The number of carbonyl (C=O) groups is 1. The molecular weight excluding hydrogens is 615 g/mol. The first-order chi connectivity index (χ1) is 20.4. The minimum Gasteiger partial charge on any atom is -0.267 e. The van der Waals surface area contributed by atoms with Crippen molar-refractivity contribution >= 4 is 43.3 Å². The molecule has 0 unspecified atom stereocenters. The van der Waals surface area contributed by atoms with Crippen molar-refractivity contribution in [3.63, 3.8) is 0 Å². The summed E-state index contributed by atoms with van der Waals surface area (Å²) >= 11 is 5.95. The summed E-state index contributed by atoms with van der Waals surface area (Å²) in [7, 11) is -6.21. The third-order valence-corrected chi connectivity index (χ3v) is 9.96. The molecule has 0 spiro atoms. The molecule has 0 radical (unpaired) electrons. The van der Waals surface area contributed by atoms with Gasteiger partial charge in [-0.2, -0.15) is 9.41 Å². The molecule has 224 valence electrons. The molecule has 0 saturated heterocycles. The largest absolute Gasteiger partial charge is 0.271 e. The fourth-order valence-corrected chi connectivity index (χ4v) is 6.27. The predicted molar refractivity (Wildman–Crippen MR) is 163 cm³/mol. The Kier molecular flexibility index (Phi) is 10.1. The Morgan fingerprint density at radius 1 is 0.767 bits per heavy atom. The van der Waals surface area contributed by atoms with Gasteiger partial charge in [0.15, 0.2) is 0 Å². The van der Waals surface area contributed by atoms with Crippen molar-refractivity contribution in [2.45, 2.75) is 29.8 Å². The molecular formula is C30H28ClFN4O5S2. The summed E-state index contributed by atoms with van der Waals surface area (Å²) in [4.78, 5) is 12.9. The van der Waals surface area contributed by atoms with Crippen LogP contribution in [0.3, 0.4) is 0 Å². The first kappa shape index (κ1) is 32.0. The highest BCUT2D eigenvalue weighted by molar-refractivity contribution is 7.89. The van der Waals surface area contributed by atoms with E-state index in [1.807, 2.05) is 0 Å². The lowest BCUT2D eigenvalue weighted by atomic mass is 10.1. The average molecular weight is 643 g/mol. The van der Waals surface area contributed by atoms with Crippen LogP contribution in [0.15, 0.2) is 112 Å². The summed E-state index contributed by atoms with van der Waals surface area (Å²) in [6.45, 7) is 1.64. The summed E-state index contributed by atoms with van der Waals surface area (Å²) < 4.78 is 67.9. The van der Waals surface area contributed by atoms with Crippen molar-refractivity contribution in [2.75, 3.05) is 7.05 Å². The van der Waals surface area contributed by atoms with Gasteiger partial charge in [0.05, 0.1) is 15.5 Å². The first-order valence-corrected chi connectivity index (χ1v) is 16.2. The number of halogens is 2. The molecule has 0 bridgehead atoms. The van der Waals surface area contributed by atoms with E-state index in [0.717, 1.165) is 0 Å². The number of benzene rings is 4. The Labute approximate surface area is 255 Å². The zero-order valence-corrected chi connectivity index (χ0v) is 25.5. The van der Waals surface area contributed by atoms with E-state index in [9.17, 15) is 26.0 Å². The number of hydrazone groups is 1. The number of nitrogens with zero attached hydrogens (tertiary/aromatic N) is 2.